The highest BCUT2D eigenvalue weighted by Crippen LogP contribution is 2.35. The van der Waals surface area contributed by atoms with Crippen LogP contribution < -0.4 is 22.9 Å². The van der Waals surface area contributed by atoms with Crippen LogP contribution in [0.25, 0.3) is 44.5 Å². The number of hydrogen-bond acceptors (Lipinski definition) is 8. The maximum atomic E-state index is 11.5. The van der Waals surface area contributed by atoms with E-state index in [-0.39, 0.29) is 22.3 Å². The molecule has 6 aromatic rings. The number of hydrogen-bond donors (Lipinski definition) is 8. The van der Waals surface area contributed by atoms with E-state index in [1.165, 1.54) is 36.4 Å². The number of nitrogen functional groups attached to an aromatic ring is 4. The Bertz CT molecular complexity index is 2190. The van der Waals surface area contributed by atoms with Crippen molar-refractivity contribution in [2.45, 2.75) is 0 Å². The molecule has 12 N–H and O–H groups in total. The number of nitrogens with two attached hydrogens (primary N) is 4. The van der Waals surface area contributed by atoms with E-state index < -0.39 is 23.9 Å². The molecule has 0 aliphatic heterocycles. The highest BCUT2D eigenvalue weighted by Gasteiger charge is 2.18. The summed E-state index contributed by atoms with van der Waals surface area (Å²) in [5, 5.41) is 37.5. The second-order valence-electron chi connectivity index (χ2n) is 11.5. The van der Waals surface area contributed by atoms with Gasteiger partial charge in [-0.15, -0.1) is 0 Å². The first-order valence-corrected chi connectivity index (χ1v) is 15.5. The first kappa shape index (κ1) is 35.7. The van der Waals surface area contributed by atoms with Crippen LogP contribution in [0.4, 0.5) is 22.7 Å². The summed E-state index contributed by atoms with van der Waals surface area (Å²) in [6, 6.07) is 32.3. The van der Waals surface area contributed by atoms with Gasteiger partial charge >= 0.3 is 23.9 Å². The molecule has 0 atom stereocenters. The first-order valence-electron chi connectivity index (χ1n) is 15.5. The van der Waals surface area contributed by atoms with Crippen molar-refractivity contribution >= 4 is 46.6 Å². The van der Waals surface area contributed by atoms with Crippen LogP contribution in [-0.2, 0) is 0 Å². The van der Waals surface area contributed by atoms with Crippen molar-refractivity contribution in [1.29, 1.82) is 0 Å². The Labute approximate surface area is 296 Å². The van der Waals surface area contributed by atoms with Gasteiger partial charge in [-0.25, -0.2) is 19.2 Å². The summed E-state index contributed by atoms with van der Waals surface area (Å²) in [5.74, 6) is -4.24. The Morgan fingerprint density at radius 2 is 0.673 bits per heavy atom. The van der Waals surface area contributed by atoms with Gasteiger partial charge in [0.05, 0.1) is 22.3 Å². The average Bonchev–Trinajstić information content (AvgIpc) is 3.11. The number of carbonyl (C=O) groups is 4. The summed E-state index contributed by atoms with van der Waals surface area (Å²) < 4.78 is 0. The normalized spacial score (nSPS) is 10.5. The molecule has 52 heavy (non-hydrogen) atoms. The third-order valence-electron chi connectivity index (χ3n) is 8.17. The van der Waals surface area contributed by atoms with Gasteiger partial charge < -0.3 is 43.4 Å². The number of aromatic carboxylic acids is 4. The molecule has 0 saturated carbocycles. The van der Waals surface area contributed by atoms with Gasteiger partial charge in [0.1, 0.15) is 0 Å². The lowest BCUT2D eigenvalue weighted by atomic mass is 9.93. The Morgan fingerprint density at radius 1 is 0.365 bits per heavy atom. The molecule has 12 nitrogen and oxygen atoms in total. The highest BCUT2D eigenvalue weighted by atomic mass is 16.4. The molecule has 0 aromatic heterocycles. The number of rotatable bonds is 8. The lowest BCUT2D eigenvalue weighted by Crippen LogP contribution is -2.03. The van der Waals surface area contributed by atoms with Gasteiger partial charge in [0.15, 0.2) is 0 Å². The van der Waals surface area contributed by atoms with E-state index >= 15 is 0 Å². The smallest absolute Gasteiger partial charge is 0.336 e. The summed E-state index contributed by atoms with van der Waals surface area (Å²) in [5.41, 5.74) is 30.0. The molecule has 0 radical (unpaired) electrons. The zero-order valence-electron chi connectivity index (χ0n) is 27.3. The summed E-state index contributed by atoms with van der Waals surface area (Å²) in [6.45, 7) is 0. The third kappa shape index (κ3) is 7.51. The fourth-order valence-electron chi connectivity index (χ4n) is 5.75. The van der Waals surface area contributed by atoms with E-state index in [0.717, 1.165) is 0 Å². The number of benzene rings is 6. The molecule has 6 rings (SSSR count). The van der Waals surface area contributed by atoms with E-state index in [2.05, 4.69) is 0 Å². The van der Waals surface area contributed by atoms with Gasteiger partial charge in [-0.3, -0.25) is 0 Å². The van der Waals surface area contributed by atoms with Crippen molar-refractivity contribution in [3.8, 4) is 44.5 Å². The van der Waals surface area contributed by atoms with Gasteiger partial charge in [0.2, 0.25) is 0 Å². The number of carboxylic acid groups (broad SMARTS) is 4. The number of anilines is 4. The molecule has 0 saturated heterocycles. The summed E-state index contributed by atoms with van der Waals surface area (Å²) in [4.78, 5) is 45.8. The molecular formula is C40H32N4O8. The molecule has 0 bridgehead atoms. The van der Waals surface area contributed by atoms with E-state index in [9.17, 15) is 39.6 Å². The van der Waals surface area contributed by atoms with E-state index in [0.29, 0.717) is 67.3 Å². The summed E-state index contributed by atoms with van der Waals surface area (Å²) in [6.07, 6.45) is 0. The zero-order valence-corrected chi connectivity index (χ0v) is 27.3. The molecule has 0 unspecified atom stereocenters. The van der Waals surface area contributed by atoms with Crippen molar-refractivity contribution in [2.75, 3.05) is 22.9 Å². The van der Waals surface area contributed by atoms with Crippen molar-refractivity contribution < 1.29 is 39.6 Å². The Morgan fingerprint density at radius 3 is 0.981 bits per heavy atom. The number of carboxylic acids is 4. The third-order valence-corrected chi connectivity index (χ3v) is 8.17. The Kier molecular flexibility index (Phi) is 10.2. The summed E-state index contributed by atoms with van der Waals surface area (Å²) >= 11 is 0. The minimum atomic E-state index is -1.07. The minimum absolute atomic E-state index is 0.100. The van der Waals surface area contributed by atoms with Gasteiger partial charge in [0.25, 0.3) is 0 Å². The minimum Gasteiger partial charge on any atom is -0.478 e. The molecule has 0 heterocycles. The van der Waals surface area contributed by atoms with E-state index in [4.69, 9.17) is 22.9 Å². The van der Waals surface area contributed by atoms with Crippen LogP contribution in [0.1, 0.15) is 41.4 Å². The van der Waals surface area contributed by atoms with E-state index in [1.807, 2.05) is 0 Å². The van der Waals surface area contributed by atoms with Gasteiger partial charge in [-0.1, -0.05) is 60.7 Å². The lowest BCUT2D eigenvalue weighted by Gasteiger charge is -2.13. The lowest BCUT2D eigenvalue weighted by molar-refractivity contribution is 0.0687. The molecule has 0 amide bonds. The van der Waals surface area contributed by atoms with Crippen molar-refractivity contribution in [2.24, 2.45) is 0 Å². The summed E-state index contributed by atoms with van der Waals surface area (Å²) in [7, 11) is 0. The largest absolute Gasteiger partial charge is 0.478 e. The van der Waals surface area contributed by atoms with Crippen molar-refractivity contribution in [3.63, 3.8) is 0 Å². The molecule has 260 valence electrons. The average molecular weight is 697 g/mol. The van der Waals surface area contributed by atoms with Crippen LogP contribution in [0.2, 0.25) is 0 Å². The van der Waals surface area contributed by atoms with Crippen LogP contribution in [-0.4, -0.2) is 44.3 Å². The maximum Gasteiger partial charge on any atom is 0.336 e. The van der Waals surface area contributed by atoms with Crippen LogP contribution in [0, 0.1) is 0 Å². The second-order valence-corrected chi connectivity index (χ2v) is 11.5. The Balaban J connectivity index is 0.000000201. The zero-order chi connectivity index (χ0) is 37.7. The first-order chi connectivity index (χ1) is 24.8. The molecular weight excluding hydrogens is 664 g/mol. The van der Waals surface area contributed by atoms with Crippen molar-refractivity contribution in [3.05, 3.63) is 144 Å². The molecule has 0 fully saturated rings. The predicted octanol–water partition coefficient (Wildman–Crippen LogP) is 7.16. The molecule has 0 aliphatic rings. The Hall–Kier alpha value is -7.60. The monoisotopic (exact) mass is 696 g/mol. The maximum absolute atomic E-state index is 11.5. The molecule has 12 heteroatoms. The second kappa shape index (κ2) is 14.9. The topological polar surface area (TPSA) is 253 Å². The SMILES string of the molecule is Nc1ccc(C(=O)O)c(-c2ccc(-c3cc(N)ccc3C(=O)O)cc2)c1.Nc1cccc(C(=O)O)c1-c1ccc(-c2c(N)cccc2C(=O)O)cc1. The molecule has 0 spiro atoms. The standard InChI is InChI=1S/2C20H16N2O4/c21-15-5-1-3-13(19(23)24)17(15)11-7-9-12(10-8-11)18-14(20(25)26)4-2-6-16(18)22;21-13-5-7-15(19(23)24)17(9-13)11-1-2-12(4-3-11)18-10-14(22)6-8-16(18)20(25)26/h2*1-10H,21-22H2,(H,23,24)(H,25,26). The molecule has 0 aliphatic carbocycles. The highest BCUT2D eigenvalue weighted by molar-refractivity contribution is 6.02. The molecule has 6 aromatic carbocycles. The fourth-order valence-corrected chi connectivity index (χ4v) is 5.75. The van der Waals surface area contributed by atoms with Crippen LogP contribution in [0.3, 0.4) is 0 Å². The quantitative estimate of drug-likeness (QED) is 0.0738. The van der Waals surface area contributed by atoms with Gasteiger partial charge in [0, 0.05) is 33.9 Å². The predicted molar refractivity (Wildman–Crippen MR) is 200 cm³/mol. The van der Waals surface area contributed by atoms with Gasteiger partial charge in [-0.2, -0.15) is 0 Å². The van der Waals surface area contributed by atoms with E-state index in [1.54, 1.807) is 84.9 Å². The van der Waals surface area contributed by atoms with Crippen LogP contribution in [0.15, 0.2) is 121 Å². The fraction of sp³-hybridized carbons (Fsp3) is 0. The van der Waals surface area contributed by atoms with Crippen LogP contribution >= 0.6 is 0 Å². The van der Waals surface area contributed by atoms with Crippen molar-refractivity contribution in [1.82, 2.24) is 0 Å². The van der Waals surface area contributed by atoms with Crippen LogP contribution in [0.5, 0.6) is 0 Å². The van der Waals surface area contributed by atoms with Gasteiger partial charge in [-0.05, 0) is 94.0 Å².